The molecule has 0 bridgehead atoms. The molecule has 0 fully saturated rings. The fourth-order valence-corrected chi connectivity index (χ4v) is 18.6. The molecule has 0 radical (unpaired) electrons. The third-order valence-corrected chi connectivity index (χ3v) is 24.0. The second kappa shape index (κ2) is 27.6. The van der Waals surface area contributed by atoms with Gasteiger partial charge in [0, 0.05) is 73.1 Å². The number of para-hydroxylation sites is 6. The summed E-state index contributed by atoms with van der Waals surface area (Å²) in [5.74, 6) is 0.525. The van der Waals surface area contributed by atoms with Gasteiger partial charge in [-0.25, -0.2) is 0 Å². The van der Waals surface area contributed by atoms with Gasteiger partial charge in [0.15, 0.2) is 0 Å². The van der Waals surface area contributed by atoms with Crippen LogP contribution in [0.2, 0.25) is 0 Å². The predicted molar refractivity (Wildman–Crippen MR) is 474 cm³/mol. The maximum Gasteiger partial charge on any atom is 3.00 e. The summed E-state index contributed by atoms with van der Waals surface area (Å²) in [4.78, 5) is 0. The molecule has 550 valence electrons. The van der Waals surface area contributed by atoms with Gasteiger partial charge in [-0.3, -0.25) is 13.5 Å². The van der Waals surface area contributed by atoms with E-state index in [9.17, 15) is 0 Å². The average Bonchev–Trinajstić information content (AvgIpc) is 1.68. The second-order valence-corrected chi connectivity index (χ2v) is 30.4. The summed E-state index contributed by atoms with van der Waals surface area (Å²) in [5.41, 5.74) is 24.0. The summed E-state index contributed by atoms with van der Waals surface area (Å²) in [6, 6.07) is 127. The van der Waals surface area contributed by atoms with Gasteiger partial charge in [0.25, 0.3) is 0 Å². The number of rotatable bonds is 9. The van der Waals surface area contributed by atoms with Crippen molar-refractivity contribution in [2.75, 3.05) is 0 Å². The van der Waals surface area contributed by atoms with Crippen molar-refractivity contribution in [2.24, 2.45) is 0 Å². The van der Waals surface area contributed by atoms with Crippen molar-refractivity contribution in [1.82, 2.24) is 38.0 Å². The molecule has 2 unspecified atom stereocenters. The van der Waals surface area contributed by atoms with Crippen LogP contribution < -0.4 is 0 Å². The SMILES string of the molecule is CCC(CC(C)c1cc(-c2ccc3c(c2)oc2ccc(-n4c5ccccc5c5ccccc54)cc23)cc(-c2ccc3c(c2)oc2ccc(-n4c5ccccc5c5ccccc54)cc23)c1)c1c[c-]c2c(c1)c1ccccc1c1ccnn21.[Ir+3].[c-]1cccc2c3ccccc3c3ccnn3c12.[c-]1cccc2c3ccccc3c3ccnn3c12. The molecule has 25 rings (SSSR count). The van der Waals surface area contributed by atoms with Gasteiger partial charge in [-0.1, -0.05) is 219 Å². The van der Waals surface area contributed by atoms with Crippen molar-refractivity contribution in [2.45, 2.75) is 38.5 Å². The fraction of sp³-hybridized carbons (Fsp3) is 0.0571. The van der Waals surface area contributed by atoms with Crippen molar-refractivity contribution in [3.05, 3.63) is 376 Å². The molecule has 0 saturated carbocycles. The number of furan rings is 2. The van der Waals surface area contributed by atoms with Crippen LogP contribution in [0.5, 0.6) is 0 Å². The van der Waals surface area contributed by atoms with Gasteiger partial charge in [-0.05, 0) is 176 Å². The molecule has 0 N–H and O–H groups in total. The zero-order valence-corrected chi connectivity index (χ0v) is 65.6. The van der Waals surface area contributed by atoms with Gasteiger partial charge in [0.2, 0.25) is 0 Å². The molecule has 11 heteroatoms. The molecule has 10 aromatic heterocycles. The molecular weight excluding hydrogens is 1600 g/mol. The van der Waals surface area contributed by atoms with Crippen LogP contribution in [0.25, 0.3) is 203 Å². The standard InChI is InChI=1S/C75H51N4O2.2C15H9N2.Ir/c1-3-46(47-26-31-70-63(40-47)55-14-4-5-15-56(55)71-34-35-76-79(70)71)36-45(2)50-37-51(48-24-29-61-64-43-53(27-32-72(64)80-74(61)41-48)77-66-20-10-6-16-57(66)58-17-7-11-21-67(58)77)39-52(38-50)49-25-30-62-65-44-54(28-33-73(65)81-75(62)42-49)78-68-22-12-8-18-59(68)60-19-9-13-23-69(60)78;2*1-2-6-13-11(5-1)12-7-3-4-8-14(12)17-15(13)9-10-16-17;/h4-30,32-35,37-46H,3,36H2,1-2H3;2*1-7,9-10H;/q3*-1;+3. The van der Waals surface area contributed by atoms with Crippen LogP contribution in [0, 0.1) is 18.2 Å². The maximum atomic E-state index is 6.77. The Bertz CT molecular complexity index is 7630. The number of benzene rings is 15. The Balaban J connectivity index is 0.000000189. The van der Waals surface area contributed by atoms with Crippen molar-refractivity contribution in [1.29, 1.82) is 0 Å². The van der Waals surface area contributed by atoms with Gasteiger partial charge < -0.3 is 18.0 Å². The van der Waals surface area contributed by atoms with E-state index in [1.165, 1.54) is 103 Å². The summed E-state index contributed by atoms with van der Waals surface area (Å²) in [6.07, 6.45) is 7.53. The molecular formula is C105H69IrN8O2. The van der Waals surface area contributed by atoms with Crippen molar-refractivity contribution in [3.63, 3.8) is 0 Å². The molecule has 15 aromatic carbocycles. The monoisotopic (exact) mass is 1670 g/mol. The molecule has 0 aliphatic carbocycles. The Kier molecular flexibility index (Phi) is 16.3. The van der Waals surface area contributed by atoms with E-state index in [2.05, 4.69) is 343 Å². The summed E-state index contributed by atoms with van der Waals surface area (Å²) in [6.45, 7) is 4.72. The first-order chi connectivity index (χ1) is 56.9. The van der Waals surface area contributed by atoms with Gasteiger partial charge >= 0.3 is 20.1 Å². The molecule has 2 atom stereocenters. The summed E-state index contributed by atoms with van der Waals surface area (Å²) >= 11 is 0. The van der Waals surface area contributed by atoms with Crippen molar-refractivity contribution >= 4 is 169 Å². The zero-order valence-electron chi connectivity index (χ0n) is 63.2. The van der Waals surface area contributed by atoms with E-state index in [4.69, 9.17) is 13.9 Å². The van der Waals surface area contributed by atoms with Gasteiger partial charge in [0.1, 0.15) is 22.3 Å². The topological polar surface area (TPSA) is 88.0 Å². The molecule has 10 nitrogen and oxygen atoms in total. The summed E-state index contributed by atoms with van der Waals surface area (Å²) in [7, 11) is 0. The molecule has 0 spiro atoms. The Hall–Kier alpha value is -14.2. The Morgan fingerprint density at radius 3 is 1.08 bits per heavy atom. The minimum absolute atomic E-state index is 0. The van der Waals surface area contributed by atoms with E-state index >= 15 is 0 Å². The Labute approximate surface area is 678 Å². The van der Waals surface area contributed by atoms with E-state index in [-0.39, 0.29) is 26.0 Å². The Morgan fingerprint density at radius 1 is 0.293 bits per heavy atom. The number of nitrogens with zero attached hydrogens (tertiary/aromatic N) is 8. The minimum Gasteiger partial charge on any atom is -0.456 e. The molecule has 10 heterocycles. The smallest absolute Gasteiger partial charge is 0.456 e. The first-order valence-corrected chi connectivity index (χ1v) is 39.4. The van der Waals surface area contributed by atoms with Crippen LogP contribution in [0.4, 0.5) is 0 Å². The number of aromatic nitrogens is 8. The van der Waals surface area contributed by atoms with Gasteiger partial charge in [-0.2, -0.15) is 87.6 Å². The van der Waals surface area contributed by atoms with E-state index in [0.29, 0.717) is 5.92 Å². The average molecular weight is 1670 g/mol. The van der Waals surface area contributed by atoms with Crippen LogP contribution in [-0.4, -0.2) is 38.0 Å². The quantitative estimate of drug-likeness (QED) is 0.106. The fourth-order valence-electron chi connectivity index (χ4n) is 18.6. The Morgan fingerprint density at radius 2 is 0.664 bits per heavy atom. The van der Waals surface area contributed by atoms with Gasteiger partial charge in [-0.15, -0.1) is 16.2 Å². The largest absolute Gasteiger partial charge is 3.00 e. The van der Waals surface area contributed by atoms with Crippen LogP contribution in [-0.2, 0) is 20.1 Å². The van der Waals surface area contributed by atoms with E-state index < -0.39 is 0 Å². The van der Waals surface area contributed by atoms with Crippen LogP contribution in [0.3, 0.4) is 0 Å². The first kappa shape index (κ1) is 68.6. The van der Waals surface area contributed by atoms with Crippen LogP contribution in [0.1, 0.15) is 49.7 Å². The number of pyridine rings is 3. The van der Waals surface area contributed by atoms with Crippen LogP contribution >= 0.6 is 0 Å². The van der Waals surface area contributed by atoms with E-state index in [1.54, 1.807) is 0 Å². The third-order valence-electron chi connectivity index (χ3n) is 24.0. The number of hydrogen-bond donors (Lipinski definition) is 0. The molecule has 0 saturated heterocycles. The maximum absolute atomic E-state index is 6.77. The molecule has 0 aliphatic rings. The second-order valence-electron chi connectivity index (χ2n) is 30.4. The predicted octanol–water partition coefficient (Wildman–Crippen LogP) is 27.3. The van der Waals surface area contributed by atoms with Crippen molar-refractivity contribution in [3.8, 4) is 33.6 Å². The van der Waals surface area contributed by atoms with E-state index in [1.807, 2.05) is 68.5 Å². The zero-order chi connectivity index (χ0) is 75.9. The number of hydrogen-bond acceptors (Lipinski definition) is 5. The first-order valence-electron chi connectivity index (χ1n) is 39.4. The molecule has 25 aromatic rings. The normalized spacial score (nSPS) is 12.5. The van der Waals surface area contributed by atoms with Crippen molar-refractivity contribution < 1.29 is 28.9 Å². The molecule has 116 heavy (non-hydrogen) atoms. The minimum atomic E-state index is 0. The molecule has 0 aliphatic heterocycles. The van der Waals surface area contributed by atoms with Gasteiger partial charge in [0.05, 0.1) is 38.6 Å². The third kappa shape index (κ3) is 11.0. The van der Waals surface area contributed by atoms with E-state index in [0.717, 1.165) is 123 Å². The van der Waals surface area contributed by atoms with Crippen LogP contribution in [0.15, 0.2) is 355 Å². The number of fused-ring (bicyclic) bond motifs is 30. The summed E-state index contributed by atoms with van der Waals surface area (Å²) < 4.78 is 24.2. The summed E-state index contributed by atoms with van der Waals surface area (Å²) in [5, 5.41) is 33.8. The molecule has 0 amide bonds.